The summed E-state index contributed by atoms with van der Waals surface area (Å²) >= 11 is 16.2. The fourth-order valence-electron chi connectivity index (χ4n) is 3.50. The lowest BCUT2D eigenvalue weighted by Crippen LogP contribution is -2.38. The third-order valence-corrected chi connectivity index (χ3v) is 6.36. The van der Waals surface area contributed by atoms with Crippen molar-refractivity contribution in [2.24, 2.45) is 0 Å². The highest BCUT2D eigenvalue weighted by Crippen LogP contribution is 2.35. The van der Waals surface area contributed by atoms with Crippen LogP contribution in [-0.2, 0) is 16.2 Å². The summed E-state index contributed by atoms with van der Waals surface area (Å²) in [6, 6.07) is 16.8. The number of rotatable bonds is 8. The molecule has 0 bridgehead atoms. The van der Waals surface area contributed by atoms with Gasteiger partial charge in [0.2, 0.25) is 5.91 Å². The molecule has 0 atom stereocenters. The highest BCUT2D eigenvalue weighted by molar-refractivity contribution is 9.10. The summed E-state index contributed by atoms with van der Waals surface area (Å²) in [5.74, 6) is -0.480. The van der Waals surface area contributed by atoms with Gasteiger partial charge in [0.1, 0.15) is 24.6 Å². The molecule has 1 fully saturated rings. The molecule has 0 saturated carbocycles. The third kappa shape index (κ3) is 6.43. The third-order valence-electron chi connectivity index (χ3n) is 5.27. The van der Waals surface area contributed by atoms with Crippen molar-refractivity contribution < 1.29 is 23.9 Å². The molecule has 0 aromatic heterocycles. The lowest BCUT2D eigenvalue weighted by molar-refractivity contribution is -0.127. The number of urea groups is 1. The first kappa shape index (κ1) is 26.5. The minimum absolute atomic E-state index is 0.0224. The maximum Gasteiger partial charge on any atom is 0.329 e. The van der Waals surface area contributed by atoms with E-state index in [1.54, 1.807) is 36.4 Å². The summed E-state index contributed by atoms with van der Waals surface area (Å²) in [5.41, 5.74) is 1.79. The Morgan fingerprint density at radius 1 is 1.08 bits per heavy atom. The number of nitrogens with zero attached hydrogens (tertiary/aromatic N) is 1. The van der Waals surface area contributed by atoms with Gasteiger partial charge in [-0.2, -0.15) is 0 Å². The van der Waals surface area contributed by atoms with Crippen molar-refractivity contribution in [3.8, 4) is 11.5 Å². The number of para-hydroxylation sites is 2. The maximum absolute atomic E-state index is 12.8. The Morgan fingerprint density at radius 3 is 2.43 bits per heavy atom. The van der Waals surface area contributed by atoms with Crippen LogP contribution in [0.4, 0.5) is 10.5 Å². The number of methoxy groups -OCH3 is 1. The molecule has 37 heavy (non-hydrogen) atoms. The lowest BCUT2D eigenvalue weighted by atomic mass is 10.1. The second-order valence-electron chi connectivity index (χ2n) is 7.86. The molecule has 0 aliphatic carbocycles. The van der Waals surface area contributed by atoms with E-state index in [0.29, 0.717) is 22.7 Å². The summed E-state index contributed by atoms with van der Waals surface area (Å²) in [4.78, 5) is 38.5. The Labute approximate surface area is 231 Å². The number of hydrogen-bond donors (Lipinski definition) is 2. The topological polar surface area (TPSA) is 97.0 Å². The Bertz CT molecular complexity index is 1370. The van der Waals surface area contributed by atoms with Crippen molar-refractivity contribution in [1.82, 2.24) is 10.2 Å². The molecule has 4 rings (SSSR count). The van der Waals surface area contributed by atoms with E-state index >= 15 is 0 Å². The van der Waals surface area contributed by atoms with Crippen molar-refractivity contribution in [2.75, 3.05) is 19.0 Å². The highest BCUT2D eigenvalue weighted by atomic mass is 79.9. The van der Waals surface area contributed by atoms with Crippen LogP contribution >= 0.6 is 39.1 Å². The van der Waals surface area contributed by atoms with Gasteiger partial charge in [-0.1, -0.05) is 63.4 Å². The molecule has 8 nitrogen and oxygen atoms in total. The van der Waals surface area contributed by atoms with E-state index in [0.717, 1.165) is 14.9 Å². The number of carbonyl (C=O) groups is 3. The van der Waals surface area contributed by atoms with Crippen LogP contribution in [-0.4, -0.2) is 36.4 Å². The maximum atomic E-state index is 12.8. The van der Waals surface area contributed by atoms with Gasteiger partial charge in [-0.15, -0.1) is 0 Å². The van der Waals surface area contributed by atoms with E-state index in [1.165, 1.54) is 13.2 Å². The van der Waals surface area contributed by atoms with Gasteiger partial charge in [-0.25, -0.2) is 9.69 Å². The first-order valence-electron chi connectivity index (χ1n) is 10.9. The van der Waals surface area contributed by atoms with Crippen molar-refractivity contribution in [2.45, 2.75) is 6.61 Å². The van der Waals surface area contributed by atoms with Crippen molar-refractivity contribution in [3.63, 3.8) is 0 Å². The minimum atomic E-state index is -0.724. The van der Waals surface area contributed by atoms with Crippen LogP contribution < -0.4 is 20.1 Å². The van der Waals surface area contributed by atoms with Gasteiger partial charge in [0.25, 0.3) is 5.91 Å². The highest BCUT2D eigenvalue weighted by Gasteiger charge is 2.35. The molecule has 0 unspecified atom stereocenters. The van der Waals surface area contributed by atoms with E-state index in [1.807, 2.05) is 24.3 Å². The molecular formula is C26H20BrCl2N3O5. The van der Waals surface area contributed by atoms with Gasteiger partial charge in [-0.3, -0.25) is 9.59 Å². The van der Waals surface area contributed by atoms with Crippen LogP contribution in [0.5, 0.6) is 11.5 Å². The zero-order valence-electron chi connectivity index (χ0n) is 19.4. The molecule has 11 heteroatoms. The molecule has 1 saturated heterocycles. The van der Waals surface area contributed by atoms with E-state index < -0.39 is 24.4 Å². The Morgan fingerprint density at radius 2 is 1.76 bits per heavy atom. The van der Waals surface area contributed by atoms with E-state index in [4.69, 9.17) is 32.7 Å². The van der Waals surface area contributed by atoms with E-state index in [2.05, 4.69) is 26.6 Å². The standard InChI is InChI=1S/C26H20BrCl2N3O5/c1-36-22-5-3-2-4-20(22)30-23(33)13-32-25(34)21(31-26(32)35)12-16-10-18(28)24(19(29)11-16)37-14-15-6-8-17(27)9-7-15/h2-12H,13-14H2,1H3,(H,30,33)(H,31,35)/b21-12+. The van der Waals surface area contributed by atoms with E-state index in [9.17, 15) is 14.4 Å². The zero-order chi connectivity index (χ0) is 26.5. The van der Waals surface area contributed by atoms with Crippen molar-refractivity contribution >= 4 is 68.7 Å². The largest absolute Gasteiger partial charge is 0.495 e. The summed E-state index contributed by atoms with van der Waals surface area (Å²) in [6.07, 6.45) is 1.43. The van der Waals surface area contributed by atoms with Gasteiger partial charge in [-0.05, 0) is 53.6 Å². The van der Waals surface area contributed by atoms with Crippen LogP contribution in [0.3, 0.4) is 0 Å². The SMILES string of the molecule is COc1ccccc1NC(=O)CN1C(=O)N/C(=C/c2cc(Cl)c(OCc3ccc(Br)cc3)c(Cl)c2)C1=O. The second-order valence-corrected chi connectivity index (χ2v) is 9.59. The first-order chi connectivity index (χ1) is 17.7. The number of anilines is 1. The van der Waals surface area contributed by atoms with Gasteiger partial charge < -0.3 is 20.1 Å². The molecular weight excluding hydrogens is 585 g/mol. The van der Waals surface area contributed by atoms with Crippen LogP contribution in [0, 0.1) is 0 Å². The van der Waals surface area contributed by atoms with Crippen LogP contribution in [0.2, 0.25) is 10.0 Å². The normalized spacial score (nSPS) is 14.1. The molecule has 1 aliphatic rings. The predicted octanol–water partition coefficient (Wildman–Crippen LogP) is 5.87. The van der Waals surface area contributed by atoms with Gasteiger partial charge in [0, 0.05) is 4.47 Å². The first-order valence-corrected chi connectivity index (χ1v) is 12.4. The van der Waals surface area contributed by atoms with Crippen LogP contribution in [0.1, 0.15) is 11.1 Å². The molecule has 190 valence electrons. The zero-order valence-corrected chi connectivity index (χ0v) is 22.5. The van der Waals surface area contributed by atoms with E-state index in [-0.39, 0.29) is 22.3 Å². The smallest absolute Gasteiger partial charge is 0.329 e. The Balaban J connectivity index is 1.44. The Kier molecular flexibility index (Phi) is 8.38. The molecule has 0 spiro atoms. The quantitative estimate of drug-likeness (QED) is 0.247. The van der Waals surface area contributed by atoms with Crippen molar-refractivity contribution in [3.05, 3.63) is 92.0 Å². The summed E-state index contributed by atoms with van der Waals surface area (Å²) < 4.78 is 11.9. The van der Waals surface area contributed by atoms with Gasteiger partial charge in [0.05, 0.1) is 22.8 Å². The molecule has 1 heterocycles. The second kappa shape index (κ2) is 11.7. The lowest BCUT2D eigenvalue weighted by Gasteiger charge is -2.13. The summed E-state index contributed by atoms with van der Waals surface area (Å²) in [6.45, 7) is -0.224. The molecule has 3 aromatic rings. The molecule has 0 radical (unpaired) electrons. The van der Waals surface area contributed by atoms with Gasteiger partial charge in [0.15, 0.2) is 5.75 Å². The van der Waals surface area contributed by atoms with Crippen LogP contribution in [0.15, 0.2) is 70.8 Å². The summed E-state index contributed by atoms with van der Waals surface area (Å²) in [5, 5.41) is 5.58. The average molecular weight is 605 g/mol. The fraction of sp³-hybridized carbons (Fsp3) is 0.115. The predicted molar refractivity (Wildman–Crippen MR) is 145 cm³/mol. The monoisotopic (exact) mass is 603 g/mol. The molecule has 1 aliphatic heterocycles. The number of halogens is 3. The number of nitrogens with one attached hydrogen (secondary N) is 2. The molecule has 3 aromatic carbocycles. The summed E-state index contributed by atoms with van der Waals surface area (Å²) in [7, 11) is 1.47. The number of carbonyl (C=O) groups excluding carboxylic acids is 3. The number of benzene rings is 3. The number of amides is 4. The number of ether oxygens (including phenoxy) is 2. The molecule has 4 amide bonds. The fourth-order valence-corrected chi connectivity index (χ4v) is 4.38. The molecule has 2 N–H and O–H groups in total. The average Bonchev–Trinajstić information content (AvgIpc) is 3.12. The van der Waals surface area contributed by atoms with Crippen molar-refractivity contribution in [1.29, 1.82) is 0 Å². The van der Waals surface area contributed by atoms with Gasteiger partial charge >= 0.3 is 6.03 Å². The minimum Gasteiger partial charge on any atom is -0.495 e. The number of hydrogen-bond acceptors (Lipinski definition) is 5. The Hall–Kier alpha value is -3.53. The van der Waals surface area contributed by atoms with Crippen LogP contribution in [0.25, 0.3) is 6.08 Å². The number of imide groups is 1.